The molecule has 0 bridgehead atoms. The average Bonchev–Trinajstić information content (AvgIpc) is 2.63. The van der Waals surface area contributed by atoms with Crippen LogP contribution < -0.4 is 10.6 Å². The molecule has 0 spiro atoms. The van der Waals surface area contributed by atoms with Gasteiger partial charge in [0, 0.05) is 23.7 Å². The fraction of sp³-hybridized carbons (Fsp3) is 0.500. The van der Waals surface area contributed by atoms with Crippen molar-refractivity contribution in [3.63, 3.8) is 0 Å². The van der Waals surface area contributed by atoms with Gasteiger partial charge in [0.2, 0.25) is 5.95 Å². The van der Waals surface area contributed by atoms with E-state index in [0.29, 0.717) is 17.0 Å². The number of amides is 1. The first-order valence-corrected chi connectivity index (χ1v) is 8.69. The largest absolute Gasteiger partial charge is 0.394 e. The predicted molar refractivity (Wildman–Crippen MR) is 95.4 cm³/mol. The van der Waals surface area contributed by atoms with Crippen molar-refractivity contribution in [3.05, 3.63) is 30.0 Å². The first kappa shape index (κ1) is 17.6. The van der Waals surface area contributed by atoms with Crippen LogP contribution in [0.15, 0.2) is 24.4 Å². The van der Waals surface area contributed by atoms with Crippen molar-refractivity contribution in [3.8, 4) is 0 Å². The van der Waals surface area contributed by atoms with Gasteiger partial charge >= 0.3 is 0 Å². The highest BCUT2D eigenvalue weighted by molar-refractivity contribution is 6.05. The van der Waals surface area contributed by atoms with Gasteiger partial charge in [0.1, 0.15) is 0 Å². The van der Waals surface area contributed by atoms with Crippen LogP contribution in [0.4, 0.5) is 5.95 Å². The molecule has 0 unspecified atom stereocenters. The van der Waals surface area contributed by atoms with Crippen LogP contribution in [0.1, 0.15) is 43.0 Å². The molecule has 1 aromatic carbocycles. The number of nitrogens with zero attached hydrogens (tertiary/aromatic N) is 2. The number of benzene rings is 1. The van der Waals surface area contributed by atoms with Gasteiger partial charge in [-0.3, -0.25) is 4.79 Å². The van der Waals surface area contributed by atoms with Gasteiger partial charge in [-0.25, -0.2) is 9.97 Å². The molecule has 1 aromatic heterocycles. The topological polar surface area (TPSA) is 107 Å². The van der Waals surface area contributed by atoms with E-state index in [9.17, 15) is 9.90 Å². The Morgan fingerprint density at radius 2 is 2.08 bits per heavy atom. The van der Waals surface area contributed by atoms with Crippen molar-refractivity contribution in [1.29, 1.82) is 0 Å². The summed E-state index contributed by atoms with van der Waals surface area (Å²) < 4.78 is 0. The lowest BCUT2D eigenvalue weighted by atomic mass is 9.93. The molecule has 7 heteroatoms. The fourth-order valence-electron chi connectivity index (χ4n) is 3.06. The third-order valence-corrected chi connectivity index (χ3v) is 4.54. The minimum Gasteiger partial charge on any atom is -0.394 e. The molecule has 0 radical (unpaired) electrons. The van der Waals surface area contributed by atoms with Gasteiger partial charge < -0.3 is 20.8 Å². The molecule has 3 rings (SSSR count). The van der Waals surface area contributed by atoms with Crippen molar-refractivity contribution in [2.75, 3.05) is 11.9 Å². The van der Waals surface area contributed by atoms with E-state index in [1.165, 1.54) is 0 Å². The average molecular weight is 344 g/mol. The minimum atomic E-state index is -0.323. The molecule has 1 heterocycles. The zero-order valence-corrected chi connectivity index (χ0v) is 14.3. The van der Waals surface area contributed by atoms with E-state index in [2.05, 4.69) is 20.6 Å². The smallest absolute Gasteiger partial charge is 0.253 e. The number of nitrogens with one attached hydrogen (secondary N) is 2. The Bertz CT molecular complexity index is 744. The molecule has 4 N–H and O–H groups in total. The molecule has 25 heavy (non-hydrogen) atoms. The summed E-state index contributed by atoms with van der Waals surface area (Å²) >= 11 is 0. The normalized spacial score (nSPS) is 21.7. The molecule has 1 amide bonds. The molecule has 1 aliphatic rings. The Balaban J connectivity index is 1.83. The van der Waals surface area contributed by atoms with Crippen LogP contribution in [-0.2, 0) is 0 Å². The monoisotopic (exact) mass is 344 g/mol. The van der Waals surface area contributed by atoms with Crippen LogP contribution in [-0.4, -0.2) is 50.9 Å². The molecule has 0 saturated heterocycles. The number of para-hydroxylation sites is 1. The lowest BCUT2D eigenvalue weighted by molar-refractivity contribution is 0.0923. The van der Waals surface area contributed by atoms with Crippen LogP contribution in [0.3, 0.4) is 0 Å². The van der Waals surface area contributed by atoms with Gasteiger partial charge in [-0.15, -0.1) is 0 Å². The predicted octanol–water partition coefficient (Wildman–Crippen LogP) is 1.46. The van der Waals surface area contributed by atoms with Gasteiger partial charge in [0.25, 0.3) is 5.91 Å². The van der Waals surface area contributed by atoms with Crippen LogP contribution in [0.25, 0.3) is 10.9 Å². The molecule has 1 atom stereocenters. The van der Waals surface area contributed by atoms with E-state index in [-0.39, 0.29) is 30.7 Å². The van der Waals surface area contributed by atoms with E-state index in [1.807, 2.05) is 6.07 Å². The molecule has 0 aliphatic heterocycles. The van der Waals surface area contributed by atoms with Crippen molar-refractivity contribution in [2.24, 2.45) is 0 Å². The number of fused-ring (bicyclic) bond motifs is 1. The van der Waals surface area contributed by atoms with E-state index in [4.69, 9.17) is 5.11 Å². The summed E-state index contributed by atoms with van der Waals surface area (Å²) in [7, 11) is 0. The summed E-state index contributed by atoms with van der Waals surface area (Å²) in [5.74, 6) is 0.224. The van der Waals surface area contributed by atoms with Crippen molar-refractivity contribution < 1.29 is 15.0 Å². The van der Waals surface area contributed by atoms with Gasteiger partial charge in [0.05, 0.1) is 23.8 Å². The molecule has 7 nitrogen and oxygen atoms in total. The standard InChI is InChI=1S/C18H24N4O3/c1-11(10-23)20-17(25)15-4-2-3-12-9-19-18(22-16(12)15)21-13-5-7-14(24)8-6-13/h2-4,9,11,13-14,23-24H,5-8,10H2,1H3,(H,20,25)(H,19,21,22)/t11-,13-,14-/m1/s1. The molecule has 1 aliphatic carbocycles. The molecule has 134 valence electrons. The first-order chi connectivity index (χ1) is 12.1. The number of aromatic nitrogens is 2. The number of hydrogen-bond donors (Lipinski definition) is 4. The number of aliphatic hydroxyl groups excluding tert-OH is 2. The summed E-state index contributed by atoms with van der Waals surface area (Å²) in [4.78, 5) is 21.3. The lowest BCUT2D eigenvalue weighted by Gasteiger charge is -2.26. The zero-order valence-electron chi connectivity index (χ0n) is 14.3. The second-order valence-corrected chi connectivity index (χ2v) is 6.64. The highest BCUT2D eigenvalue weighted by Gasteiger charge is 2.20. The van der Waals surface area contributed by atoms with E-state index >= 15 is 0 Å². The molecule has 2 aromatic rings. The van der Waals surface area contributed by atoms with E-state index in [0.717, 1.165) is 31.1 Å². The van der Waals surface area contributed by atoms with Gasteiger partial charge in [-0.2, -0.15) is 0 Å². The highest BCUT2D eigenvalue weighted by Crippen LogP contribution is 2.22. The van der Waals surface area contributed by atoms with Crippen molar-refractivity contribution >= 4 is 22.8 Å². The summed E-state index contributed by atoms with van der Waals surface area (Å²) in [5.41, 5.74) is 1.04. The summed E-state index contributed by atoms with van der Waals surface area (Å²) in [6, 6.07) is 5.28. The van der Waals surface area contributed by atoms with Crippen LogP contribution in [0.2, 0.25) is 0 Å². The second-order valence-electron chi connectivity index (χ2n) is 6.64. The summed E-state index contributed by atoms with van der Waals surface area (Å²) in [5, 5.41) is 25.6. The number of carbonyl (C=O) groups is 1. The molecule has 1 fully saturated rings. The maximum atomic E-state index is 12.4. The Kier molecular flexibility index (Phi) is 5.45. The molecular formula is C18H24N4O3. The van der Waals surface area contributed by atoms with Gasteiger partial charge in [-0.1, -0.05) is 12.1 Å². The van der Waals surface area contributed by atoms with Crippen LogP contribution >= 0.6 is 0 Å². The number of carbonyl (C=O) groups excluding carboxylic acids is 1. The Morgan fingerprint density at radius 1 is 1.32 bits per heavy atom. The lowest BCUT2D eigenvalue weighted by Crippen LogP contribution is -2.35. The fourth-order valence-corrected chi connectivity index (χ4v) is 3.06. The number of hydrogen-bond acceptors (Lipinski definition) is 6. The van der Waals surface area contributed by atoms with E-state index < -0.39 is 0 Å². The maximum Gasteiger partial charge on any atom is 0.253 e. The quantitative estimate of drug-likeness (QED) is 0.654. The third-order valence-electron chi connectivity index (χ3n) is 4.54. The van der Waals surface area contributed by atoms with E-state index in [1.54, 1.807) is 25.3 Å². The maximum absolute atomic E-state index is 12.4. The molecule has 1 saturated carbocycles. The summed E-state index contributed by atoms with van der Waals surface area (Å²) in [6.07, 6.45) is 4.79. The van der Waals surface area contributed by atoms with Crippen molar-refractivity contribution in [2.45, 2.75) is 50.8 Å². The molecular weight excluding hydrogens is 320 g/mol. The van der Waals surface area contributed by atoms with Gasteiger partial charge in [-0.05, 0) is 38.7 Å². The minimum absolute atomic E-state index is 0.119. The Hall–Kier alpha value is -2.25. The Morgan fingerprint density at radius 3 is 2.80 bits per heavy atom. The summed E-state index contributed by atoms with van der Waals surface area (Å²) in [6.45, 7) is 1.62. The SMILES string of the molecule is C[C@H](CO)NC(=O)c1cccc2cnc(N[C@H]3CC[C@H](O)CC3)nc12. The second kappa shape index (κ2) is 7.76. The zero-order chi connectivity index (χ0) is 17.8. The number of anilines is 1. The third kappa shape index (κ3) is 4.24. The van der Waals surface area contributed by atoms with Crippen LogP contribution in [0, 0.1) is 0 Å². The van der Waals surface area contributed by atoms with Crippen molar-refractivity contribution in [1.82, 2.24) is 15.3 Å². The Labute approximate surface area is 146 Å². The highest BCUT2D eigenvalue weighted by atomic mass is 16.3. The first-order valence-electron chi connectivity index (χ1n) is 8.69. The number of rotatable bonds is 5. The van der Waals surface area contributed by atoms with Gasteiger partial charge in [0.15, 0.2) is 0 Å². The number of aliphatic hydroxyl groups is 2. The van der Waals surface area contributed by atoms with Crippen LogP contribution in [0.5, 0.6) is 0 Å².